The Balaban J connectivity index is 0.000000181. The Labute approximate surface area is 358 Å². The smallest absolute Gasteiger partial charge is 0.230 e. The maximum atomic E-state index is 13.2. The Morgan fingerprint density at radius 1 is 0.517 bits per heavy atom. The topological polar surface area (TPSA) is 89.6 Å². The zero-order valence-electron chi connectivity index (χ0n) is 36.7. The fourth-order valence-corrected chi connectivity index (χ4v) is 9.02. The molecule has 0 aromatic heterocycles. The van der Waals surface area contributed by atoms with Crippen LogP contribution in [0.1, 0.15) is 62.8 Å². The van der Waals surface area contributed by atoms with Crippen LogP contribution in [0.15, 0.2) is 97.1 Å². The molecule has 4 saturated heterocycles. The summed E-state index contributed by atoms with van der Waals surface area (Å²) in [4.78, 5) is 35.2. The van der Waals surface area contributed by atoms with Gasteiger partial charge in [0.05, 0.1) is 11.2 Å². The molecule has 60 heavy (non-hydrogen) atoms. The molecule has 0 saturated carbocycles. The monoisotopic (exact) mass is 815 g/mol. The molecule has 2 N–H and O–H groups in total. The summed E-state index contributed by atoms with van der Waals surface area (Å²) < 4.78 is 11.1. The van der Waals surface area contributed by atoms with Crippen molar-refractivity contribution in [3.8, 4) is 0 Å². The largest absolute Gasteiger partial charge is 0.374 e. The van der Waals surface area contributed by atoms with Crippen molar-refractivity contribution in [2.75, 3.05) is 99.3 Å². The van der Waals surface area contributed by atoms with E-state index in [-0.39, 0.29) is 34.9 Å². The Bertz CT molecular complexity index is 1890. The van der Waals surface area contributed by atoms with Crippen LogP contribution in [0.4, 0.5) is 22.7 Å². The van der Waals surface area contributed by atoms with E-state index in [1.807, 2.05) is 34.1 Å². The van der Waals surface area contributed by atoms with E-state index in [0.29, 0.717) is 0 Å². The molecule has 2 atom stereocenters. The molecule has 0 aliphatic carbocycles. The maximum absolute atomic E-state index is 13.2. The van der Waals surface area contributed by atoms with Gasteiger partial charge in [0.25, 0.3) is 0 Å². The number of nitrogens with zero attached hydrogens (tertiary/aromatic N) is 4. The van der Waals surface area contributed by atoms with Gasteiger partial charge in [0.2, 0.25) is 11.8 Å². The summed E-state index contributed by atoms with van der Waals surface area (Å²) >= 11 is 0. The summed E-state index contributed by atoms with van der Waals surface area (Å²) in [5, 5.41) is 6.83. The van der Waals surface area contributed by atoms with Crippen molar-refractivity contribution in [3.63, 3.8) is 0 Å². The van der Waals surface area contributed by atoms with Crippen LogP contribution in [0.25, 0.3) is 0 Å². The van der Waals surface area contributed by atoms with Crippen molar-refractivity contribution in [1.29, 1.82) is 0 Å². The zero-order valence-corrected chi connectivity index (χ0v) is 36.7. The Morgan fingerprint density at radius 2 is 0.867 bits per heavy atom. The van der Waals surface area contributed by atoms with Crippen molar-refractivity contribution < 1.29 is 19.1 Å². The maximum Gasteiger partial charge on any atom is 0.230 e. The van der Waals surface area contributed by atoms with Gasteiger partial charge < -0.3 is 39.7 Å². The van der Waals surface area contributed by atoms with E-state index in [1.165, 1.54) is 22.5 Å². The fraction of sp³-hybridized carbons (Fsp3) is 0.480. The molecule has 4 heterocycles. The highest BCUT2D eigenvalue weighted by atomic mass is 16.5. The third kappa shape index (κ3) is 9.89. The van der Waals surface area contributed by atoms with E-state index in [0.717, 1.165) is 114 Å². The normalized spacial score (nSPS) is 20.1. The van der Waals surface area contributed by atoms with Gasteiger partial charge in [-0.3, -0.25) is 9.59 Å². The second-order valence-corrected chi connectivity index (χ2v) is 17.6. The number of piperazine rings is 2. The van der Waals surface area contributed by atoms with E-state index in [9.17, 15) is 9.59 Å². The molecule has 4 fully saturated rings. The summed E-state index contributed by atoms with van der Waals surface area (Å²) in [7, 11) is 3.45. The quantitative estimate of drug-likeness (QED) is 0.156. The van der Waals surface area contributed by atoms with Gasteiger partial charge in [-0.2, -0.15) is 0 Å². The molecule has 10 heteroatoms. The standard InChI is InChI=1S/2C25H33N3O2/c2*1-25(2,30-3)21-8-10-22(11-9-21)28-15-12-20(24(28)29)18-19-6-4-5-7-23(19)27-16-13-26-14-17-27/h2*4-11,20,26H,12-18H2,1-3H3/t20-;/m1./s1. The lowest BCUT2D eigenvalue weighted by atomic mass is 9.96. The van der Waals surface area contributed by atoms with E-state index in [1.54, 1.807) is 14.2 Å². The molecular weight excluding hydrogens is 749 g/mol. The minimum atomic E-state index is -0.330. The molecule has 4 aromatic carbocycles. The number of ether oxygens (including phenoxy) is 2. The minimum absolute atomic E-state index is 0.0455. The third-order valence-electron chi connectivity index (χ3n) is 13.2. The first-order valence-corrected chi connectivity index (χ1v) is 22.0. The van der Waals surface area contributed by atoms with Gasteiger partial charge in [-0.25, -0.2) is 0 Å². The van der Waals surface area contributed by atoms with Gasteiger partial charge in [0.1, 0.15) is 0 Å². The van der Waals surface area contributed by atoms with Crippen molar-refractivity contribution in [1.82, 2.24) is 10.6 Å². The van der Waals surface area contributed by atoms with Gasteiger partial charge in [0.15, 0.2) is 0 Å². The second-order valence-electron chi connectivity index (χ2n) is 17.6. The highest BCUT2D eigenvalue weighted by Gasteiger charge is 2.35. The molecule has 4 aromatic rings. The Kier molecular flexibility index (Phi) is 14.0. The molecule has 0 radical (unpaired) electrons. The predicted molar refractivity (Wildman–Crippen MR) is 244 cm³/mol. The first-order chi connectivity index (χ1) is 29.0. The van der Waals surface area contributed by atoms with Crippen molar-refractivity contribution >= 4 is 34.6 Å². The Morgan fingerprint density at radius 3 is 1.22 bits per heavy atom. The summed E-state index contributed by atoms with van der Waals surface area (Å²) in [6, 6.07) is 33.6. The number of hydrogen-bond donors (Lipinski definition) is 2. The van der Waals surface area contributed by atoms with Crippen LogP contribution >= 0.6 is 0 Å². The summed E-state index contributed by atoms with van der Waals surface area (Å²) in [6.07, 6.45) is 3.43. The molecule has 8 rings (SSSR count). The van der Waals surface area contributed by atoms with Crippen LogP contribution in [0.5, 0.6) is 0 Å². The van der Waals surface area contributed by atoms with Gasteiger partial charge in [0, 0.05) is 114 Å². The molecular formula is C50H66N6O4. The minimum Gasteiger partial charge on any atom is -0.374 e. The molecule has 2 amide bonds. The summed E-state index contributed by atoms with van der Waals surface area (Å²) in [6.45, 7) is 17.9. The number of rotatable bonds is 12. The van der Waals surface area contributed by atoms with Gasteiger partial charge >= 0.3 is 0 Å². The van der Waals surface area contributed by atoms with Crippen LogP contribution in [0.2, 0.25) is 0 Å². The van der Waals surface area contributed by atoms with Crippen LogP contribution in [0.3, 0.4) is 0 Å². The number of para-hydroxylation sites is 2. The molecule has 0 spiro atoms. The van der Waals surface area contributed by atoms with E-state index >= 15 is 0 Å². The number of hydrogen-bond acceptors (Lipinski definition) is 8. The molecule has 10 nitrogen and oxygen atoms in total. The lowest BCUT2D eigenvalue weighted by Crippen LogP contribution is -2.44. The molecule has 0 bridgehead atoms. The van der Waals surface area contributed by atoms with E-state index in [2.05, 4.69) is 121 Å². The Hall–Kier alpha value is -4.74. The predicted octanol–water partition coefficient (Wildman–Crippen LogP) is 7.15. The van der Waals surface area contributed by atoms with Crippen molar-refractivity contribution in [2.45, 2.75) is 64.6 Å². The number of carbonyl (C=O) groups excluding carboxylic acids is 2. The number of amides is 2. The average Bonchev–Trinajstić information content (AvgIpc) is 3.84. The number of carbonyl (C=O) groups is 2. The fourth-order valence-electron chi connectivity index (χ4n) is 9.02. The molecule has 320 valence electrons. The lowest BCUT2D eigenvalue weighted by molar-refractivity contribution is -0.121. The lowest BCUT2D eigenvalue weighted by Gasteiger charge is -2.31. The highest BCUT2D eigenvalue weighted by Crippen LogP contribution is 2.34. The van der Waals surface area contributed by atoms with E-state index < -0.39 is 0 Å². The first-order valence-electron chi connectivity index (χ1n) is 22.0. The molecule has 4 aliphatic rings. The summed E-state index contributed by atoms with van der Waals surface area (Å²) in [5.41, 5.74) is 8.68. The third-order valence-corrected chi connectivity index (χ3v) is 13.2. The average molecular weight is 815 g/mol. The summed E-state index contributed by atoms with van der Waals surface area (Å²) in [5.74, 6) is 0.570. The van der Waals surface area contributed by atoms with E-state index in [4.69, 9.17) is 9.47 Å². The van der Waals surface area contributed by atoms with Crippen LogP contribution in [0, 0.1) is 11.8 Å². The number of anilines is 4. The van der Waals surface area contributed by atoms with Crippen molar-refractivity contribution in [2.24, 2.45) is 11.8 Å². The van der Waals surface area contributed by atoms with Crippen LogP contribution in [-0.2, 0) is 43.1 Å². The SMILES string of the molecule is COC(C)(C)c1ccc(N2CCC(Cc3ccccc3N3CCNCC3)C2=O)cc1.COC(C)(C)c1ccc(N2CC[C@H](Cc3ccccc3N3CCNCC3)C2=O)cc1. The van der Waals surface area contributed by atoms with Crippen molar-refractivity contribution in [3.05, 3.63) is 119 Å². The van der Waals surface area contributed by atoms with Gasteiger partial charge in [-0.1, -0.05) is 60.7 Å². The van der Waals surface area contributed by atoms with Crippen LogP contribution < -0.4 is 30.2 Å². The number of methoxy groups -OCH3 is 2. The number of nitrogens with one attached hydrogen (secondary N) is 2. The second kappa shape index (κ2) is 19.3. The number of benzene rings is 4. The zero-order chi connectivity index (χ0) is 42.3. The highest BCUT2D eigenvalue weighted by molar-refractivity contribution is 5.98. The molecule has 4 aliphatic heterocycles. The van der Waals surface area contributed by atoms with Crippen LogP contribution in [-0.4, -0.2) is 91.5 Å². The van der Waals surface area contributed by atoms with Gasteiger partial charge in [-0.15, -0.1) is 0 Å². The first kappa shape index (κ1) is 43.4. The molecule has 1 unspecified atom stereocenters. The van der Waals surface area contributed by atoms with Gasteiger partial charge in [-0.05, 0) is 112 Å².